The Labute approximate surface area is 292 Å². The Morgan fingerprint density at radius 2 is 0.364 bits per heavy atom. The van der Waals surface area contributed by atoms with Crippen molar-refractivity contribution in [2.24, 2.45) is 0 Å². The van der Waals surface area contributed by atoms with Crippen molar-refractivity contribution in [3.05, 3.63) is 0 Å². The van der Waals surface area contributed by atoms with Gasteiger partial charge in [0.15, 0.2) is 0 Å². The first-order valence-electron chi connectivity index (χ1n) is 21.1. The molecule has 0 aliphatic heterocycles. The SMILES string of the molecule is CCCCCCCCCCCCCCCCCCCCCCCCCCCCCC[N+](CCCC)(CCCC)CCCC.[Br-]. The predicted molar refractivity (Wildman–Crippen MR) is 199 cm³/mol. The van der Waals surface area contributed by atoms with Crippen LogP contribution < -0.4 is 17.0 Å². The minimum absolute atomic E-state index is 0. The van der Waals surface area contributed by atoms with Crippen LogP contribution in [0, 0.1) is 0 Å². The highest BCUT2D eigenvalue weighted by molar-refractivity contribution is 4.54. The number of hydrogen-bond donors (Lipinski definition) is 0. The molecule has 2 heteroatoms. The first kappa shape index (κ1) is 46.6. The van der Waals surface area contributed by atoms with Gasteiger partial charge in [-0.05, 0) is 32.1 Å². The second-order valence-corrected chi connectivity index (χ2v) is 14.8. The molecule has 0 aromatic heterocycles. The second kappa shape index (κ2) is 39.6. The van der Waals surface area contributed by atoms with Crippen LogP contribution in [0.3, 0.4) is 0 Å². The van der Waals surface area contributed by atoms with E-state index >= 15 is 0 Å². The molecule has 0 aromatic carbocycles. The Morgan fingerprint density at radius 3 is 0.568 bits per heavy atom. The zero-order valence-corrected chi connectivity index (χ0v) is 33.3. The lowest BCUT2D eigenvalue weighted by Gasteiger charge is -2.39. The van der Waals surface area contributed by atoms with Crippen molar-refractivity contribution in [3.8, 4) is 0 Å². The Kier molecular flexibility index (Phi) is 41.9. The van der Waals surface area contributed by atoms with E-state index in [-0.39, 0.29) is 17.0 Å². The highest BCUT2D eigenvalue weighted by atomic mass is 79.9. The topological polar surface area (TPSA) is 0 Å². The molecule has 0 aliphatic rings. The van der Waals surface area contributed by atoms with Crippen molar-refractivity contribution < 1.29 is 21.5 Å². The Bertz CT molecular complexity index is 470. The molecule has 268 valence electrons. The summed E-state index contributed by atoms with van der Waals surface area (Å²) in [7, 11) is 0. The summed E-state index contributed by atoms with van der Waals surface area (Å²) in [6.45, 7) is 15.2. The van der Waals surface area contributed by atoms with Gasteiger partial charge < -0.3 is 21.5 Å². The first-order valence-corrected chi connectivity index (χ1v) is 21.1. The average Bonchev–Trinajstić information content (AvgIpc) is 3.02. The average molecular weight is 687 g/mol. The zero-order chi connectivity index (χ0) is 31.4. The summed E-state index contributed by atoms with van der Waals surface area (Å²) in [5, 5.41) is 0. The van der Waals surface area contributed by atoms with Gasteiger partial charge in [0.25, 0.3) is 0 Å². The van der Waals surface area contributed by atoms with Gasteiger partial charge in [0.2, 0.25) is 0 Å². The van der Waals surface area contributed by atoms with Crippen molar-refractivity contribution in [2.75, 3.05) is 26.2 Å². The molecule has 0 aromatic rings. The number of quaternary nitrogens is 1. The smallest absolute Gasteiger partial charge is 0.0786 e. The number of halogens is 1. The number of hydrogen-bond acceptors (Lipinski definition) is 0. The molecule has 0 saturated carbocycles. The molecule has 0 aliphatic carbocycles. The van der Waals surface area contributed by atoms with E-state index in [9.17, 15) is 0 Å². The van der Waals surface area contributed by atoms with E-state index in [2.05, 4.69) is 27.7 Å². The maximum atomic E-state index is 2.37. The van der Waals surface area contributed by atoms with E-state index in [1.807, 2.05) is 0 Å². The normalized spacial score (nSPS) is 11.7. The molecule has 0 radical (unpaired) electrons. The monoisotopic (exact) mass is 686 g/mol. The molecule has 0 amide bonds. The lowest BCUT2D eigenvalue weighted by Crippen LogP contribution is -3.00. The van der Waals surface area contributed by atoms with Crippen LogP contribution in [0.4, 0.5) is 0 Å². The van der Waals surface area contributed by atoms with E-state index in [0.717, 1.165) is 0 Å². The van der Waals surface area contributed by atoms with Gasteiger partial charge in [0.1, 0.15) is 0 Å². The molecule has 0 fully saturated rings. The molecule has 0 heterocycles. The van der Waals surface area contributed by atoms with Gasteiger partial charge in [-0.3, -0.25) is 0 Å². The standard InChI is InChI=1S/C42H88N.BrH/c1-5-9-13-14-15-16-17-18-19-20-21-22-23-24-25-26-27-28-29-30-31-32-33-34-35-36-37-38-42-43(39-10-6-2,40-11-7-3)41-12-8-4;/h5-42H2,1-4H3;1H/q+1;/p-1. The molecule has 0 spiro atoms. The fourth-order valence-electron chi connectivity index (χ4n) is 7.27. The van der Waals surface area contributed by atoms with E-state index in [1.54, 1.807) is 0 Å². The summed E-state index contributed by atoms with van der Waals surface area (Å²) in [5.41, 5.74) is 0. The minimum Gasteiger partial charge on any atom is -1.00 e. The molecule has 1 nitrogen and oxygen atoms in total. The van der Waals surface area contributed by atoms with Crippen molar-refractivity contribution >= 4 is 0 Å². The summed E-state index contributed by atoms with van der Waals surface area (Å²) in [6.07, 6.45) is 49.9. The maximum absolute atomic E-state index is 2.37. The summed E-state index contributed by atoms with van der Waals surface area (Å²) < 4.78 is 1.44. The molecule has 0 N–H and O–H groups in total. The first-order chi connectivity index (χ1) is 21.2. The quantitative estimate of drug-likeness (QED) is 0.0448. The third-order valence-electron chi connectivity index (χ3n) is 10.4. The largest absolute Gasteiger partial charge is 1.00 e. The van der Waals surface area contributed by atoms with Crippen molar-refractivity contribution in [1.82, 2.24) is 0 Å². The molecular formula is C42H88BrN. The fraction of sp³-hybridized carbons (Fsp3) is 1.00. The Balaban J connectivity index is 0. The number of rotatable bonds is 38. The van der Waals surface area contributed by atoms with Crippen LogP contribution in [0.5, 0.6) is 0 Å². The van der Waals surface area contributed by atoms with Gasteiger partial charge in [-0.2, -0.15) is 0 Å². The van der Waals surface area contributed by atoms with Gasteiger partial charge in [0.05, 0.1) is 26.2 Å². The van der Waals surface area contributed by atoms with Crippen molar-refractivity contribution in [3.63, 3.8) is 0 Å². The van der Waals surface area contributed by atoms with E-state index in [0.29, 0.717) is 0 Å². The van der Waals surface area contributed by atoms with Gasteiger partial charge in [0, 0.05) is 0 Å². The third kappa shape index (κ3) is 33.8. The summed E-state index contributed by atoms with van der Waals surface area (Å²) >= 11 is 0. The molecule has 0 unspecified atom stereocenters. The number of nitrogens with zero attached hydrogens (tertiary/aromatic N) is 1. The summed E-state index contributed by atoms with van der Waals surface area (Å²) in [4.78, 5) is 0. The third-order valence-corrected chi connectivity index (χ3v) is 10.4. The molecule has 44 heavy (non-hydrogen) atoms. The van der Waals surface area contributed by atoms with Crippen LogP contribution in [0.2, 0.25) is 0 Å². The van der Waals surface area contributed by atoms with Gasteiger partial charge in [-0.1, -0.05) is 214 Å². The van der Waals surface area contributed by atoms with Crippen molar-refractivity contribution in [2.45, 2.75) is 246 Å². The lowest BCUT2D eigenvalue weighted by molar-refractivity contribution is -0.929. The van der Waals surface area contributed by atoms with Gasteiger partial charge in [-0.25, -0.2) is 0 Å². The lowest BCUT2D eigenvalue weighted by atomic mass is 10.0. The molecule has 0 saturated heterocycles. The highest BCUT2D eigenvalue weighted by Crippen LogP contribution is 2.19. The van der Waals surface area contributed by atoms with Crippen LogP contribution in [0.25, 0.3) is 0 Å². The second-order valence-electron chi connectivity index (χ2n) is 14.8. The molecular weight excluding hydrogens is 598 g/mol. The maximum Gasteiger partial charge on any atom is 0.0786 e. The van der Waals surface area contributed by atoms with Crippen LogP contribution in [0.15, 0.2) is 0 Å². The predicted octanol–water partition coefficient (Wildman–Crippen LogP) is 12.2. The van der Waals surface area contributed by atoms with Crippen LogP contribution >= 0.6 is 0 Å². The minimum atomic E-state index is 0. The van der Waals surface area contributed by atoms with Crippen LogP contribution in [0.1, 0.15) is 246 Å². The van der Waals surface area contributed by atoms with Crippen molar-refractivity contribution in [1.29, 1.82) is 0 Å². The molecule has 0 atom stereocenters. The zero-order valence-electron chi connectivity index (χ0n) is 31.7. The van der Waals surface area contributed by atoms with Gasteiger partial charge >= 0.3 is 0 Å². The molecule has 0 bridgehead atoms. The molecule has 0 rings (SSSR count). The van der Waals surface area contributed by atoms with E-state index < -0.39 is 0 Å². The fourth-order valence-corrected chi connectivity index (χ4v) is 7.27. The summed E-state index contributed by atoms with van der Waals surface area (Å²) in [5.74, 6) is 0. The van der Waals surface area contributed by atoms with E-state index in [1.165, 1.54) is 249 Å². The van der Waals surface area contributed by atoms with Crippen LogP contribution in [-0.4, -0.2) is 30.7 Å². The van der Waals surface area contributed by atoms with Gasteiger partial charge in [-0.15, -0.1) is 0 Å². The Morgan fingerprint density at radius 1 is 0.205 bits per heavy atom. The highest BCUT2D eigenvalue weighted by Gasteiger charge is 2.25. The number of unbranched alkanes of at least 4 members (excludes halogenated alkanes) is 30. The van der Waals surface area contributed by atoms with E-state index in [4.69, 9.17) is 0 Å². The van der Waals surface area contributed by atoms with Crippen LogP contribution in [-0.2, 0) is 0 Å². The summed E-state index contributed by atoms with van der Waals surface area (Å²) in [6, 6.07) is 0. The Hall–Kier alpha value is 0.440.